The molecule has 1 amide bonds. The van der Waals surface area contributed by atoms with Crippen molar-refractivity contribution in [2.24, 2.45) is 11.8 Å². The number of nitrogens with zero attached hydrogens (tertiary/aromatic N) is 2. The molecule has 6 nitrogen and oxygen atoms in total. The van der Waals surface area contributed by atoms with Gasteiger partial charge in [0, 0.05) is 13.1 Å². The molecule has 2 heterocycles. The van der Waals surface area contributed by atoms with Crippen LogP contribution in [0.3, 0.4) is 0 Å². The Morgan fingerprint density at radius 2 is 2.00 bits per heavy atom. The third kappa shape index (κ3) is 3.24. The number of aromatic nitrogens is 1. The summed E-state index contributed by atoms with van der Waals surface area (Å²) < 4.78 is 32.6. The quantitative estimate of drug-likeness (QED) is 0.920. The van der Waals surface area contributed by atoms with Crippen LogP contribution >= 0.6 is 0 Å². The van der Waals surface area contributed by atoms with E-state index in [1.807, 2.05) is 0 Å². The van der Waals surface area contributed by atoms with E-state index in [1.54, 1.807) is 6.92 Å². The minimum atomic E-state index is -0.877. The van der Waals surface area contributed by atoms with Gasteiger partial charge in [0.05, 0.1) is 5.92 Å². The van der Waals surface area contributed by atoms with Gasteiger partial charge in [-0.05, 0) is 24.5 Å². The summed E-state index contributed by atoms with van der Waals surface area (Å²) in [6.07, 6.45) is 1.40. The van der Waals surface area contributed by atoms with Crippen molar-refractivity contribution in [3.8, 4) is 11.5 Å². The largest absolute Gasteiger partial charge is 0.481 e. The lowest BCUT2D eigenvalue weighted by Gasteiger charge is -2.34. The van der Waals surface area contributed by atoms with Gasteiger partial charge in [-0.3, -0.25) is 9.59 Å². The molecule has 1 aromatic carbocycles. The number of aliphatic carboxylic acids is 1. The molecule has 1 aromatic heterocycles. The molecular weight excluding hydrogens is 334 g/mol. The Labute approximate surface area is 142 Å². The summed E-state index contributed by atoms with van der Waals surface area (Å²) in [5.41, 5.74) is -0.502. The summed E-state index contributed by atoms with van der Waals surface area (Å²) in [7, 11) is 0. The average Bonchev–Trinajstić information content (AvgIpc) is 3.03. The fourth-order valence-electron chi connectivity index (χ4n) is 3.05. The predicted molar refractivity (Wildman–Crippen MR) is 82.7 cm³/mol. The normalized spacial score (nSPS) is 20.5. The van der Waals surface area contributed by atoms with E-state index in [1.165, 1.54) is 11.0 Å². The zero-order valence-corrected chi connectivity index (χ0v) is 13.4. The van der Waals surface area contributed by atoms with Crippen molar-refractivity contribution < 1.29 is 27.9 Å². The van der Waals surface area contributed by atoms with Crippen LogP contribution < -0.4 is 0 Å². The summed E-state index contributed by atoms with van der Waals surface area (Å²) in [5.74, 6) is -4.02. The number of piperidine rings is 1. The summed E-state index contributed by atoms with van der Waals surface area (Å²) >= 11 is 0. The fraction of sp³-hybridized carbons (Fsp3) is 0.353. The van der Waals surface area contributed by atoms with Crippen LogP contribution in [0.4, 0.5) is 8.78 Å². The fourth-order valence-corrected chi connectivity index (χ4v) is 3.05. The molecule has 0 saturated carbocycles. The van der Waals surface area contributed by atoms with Gasteiger partial charge in [-0.15, -0.1) is 0 Å². The van der Waals surface area contributed by atoms with Crippen molar-refractivity contribution in [2.45, 2.75) is 13.3 Å². The van der Waals surface area contributed by atoms with Gasteiger partial charge in [0.25, 0.3) is 5.91 Å². The Morgan fingerprint density at radius 3 is 2.60 bits per heavy atom. The summed E-state index contributed by atoms with van der Waals surface area (Å²) in [5, 5.41) is 9.13. The molecule has 1 saturated heterocycles. The number of hydrogen-bond acceptors (Lipinski definition) is 4. The van der Waals surface area contributed by atoms with Crippen LogP contribution in [0.5, 0.6) is 0 Å². The maximum atomic E-state index is 13.8. The first-order chi connectivity index (χ1) is 11.9. The highest BCUT2D eigenvalue weighted by Gasteiger charge is 2.34. The molecule has 2 unspecified atom stereocenters. The molecule has 0 spiro atoms. The first kappa shape index (κ1) is 17.1. The molecule has 0 bridgehead atoms. The third-order valence-corrected chi connectivity index (χ3v) is 4.41. The highest BCUT2D eigenvalue weighted by Crippen LogP contribution is 2.27. The number of carbonyl (C=O) groups excluding carboxylic acids is 1. The molecule has 1 aliphatic heterocycles. The number of oxazole rings is 1. The van der Waals surface area contributed by atoms with E-state index in [2.05, 4.69) is 4.98 Å². The van der Waals surface area contributed by atoms with Crippen LogP contribution in [-0.4, -0.2) is 40.0 Å². The van der Waals surface area contributed by atoms with Gasteiger partial charge < -0.3 is 14.4 Å². The molecule has 0 radical (unpaired) electrons. The number of carboxylic acids is 1. The lowest BCUT2D eigenvalue weighted by atomic mass is 9.87. The van der Waals surface area contributed by atoms with Crippen molar-refractivity contribution in [3.05, 3.63) is 41.8 Å². The molecule has 0 aliphatic carbocycles. The van der Waals surface area contributed by atoms with Crippen LogP contribution in [-0.2, 0) is 4.79 Å². The van der Waals surface area contributed by atoms with Gasteiger partial charge >= 0.3 is 5.97 Å². The second-order valence-electron chi connectivity index (χ2n) is 6.10. The lowest BCUT2D eigenvalue weighted by molar-refractivity contribution is -0.145. The van der Waals surface area contributed by atoms with Gasteiger partial charge in [-0.1, -0.05) is 13.0 Å². The summed E-state index contributed by atoms with van der Waals surface area (Å²) in [6.45, 7) is 2.31. The number of hydrogen-bond donors (Lipinski definition) is 1. The highest BCUT2D eigenvalue weighted by molar-refractivity contribution is 5.92. The zero-order chi connectivity index (χ0) is 18.1. The van der Waals surface area contributed by atoms with Crippen molar-refractivity contribution in [3.63, 3.8) is 0 Å². The van der Waals surface area contributed by atoms with Crippen molar-refractivity contribution in [2.75, 3.05) is 13.1 Å². The zero-order valence-electron chi connectivity index (χ0n) is 13.4. The molecular formula is C17H16F2N2O4. The lowest BCUT2D eigenvalue weighted by Crippen LogP contribution is -2.45. The molecule has 1 aliphatic rings. The molecule has 8 heteroatoms. The monoisotopic (exact) mass is 350 g/mol. The van der Waals surface area contributed by atoms with Crippen LogP contribution in [0.25, 0.3) is 11.5 Å². The highest BCUT2D eigenvalue weighted by atomic mass is 19.1. The summed E-state index contributed by atoms with van der Waals surface area (Å²) in [6, 6.07) is 3.36. The number of amides is 1. The number of carbonyl (C=O) groups is 2. The standard InChI is InChI=1S/C17H16F2N2O4/c1-9-7-21(6-5-10(9)17(23)24)16(22)13-8-25-15(20-13)14-11(18)3-2-4-12(14)19/h2-4,8-10H,5-7H2,1H3,(H,23,24). The minimum Gasteiger partial charge on any atom is -0.481 e. The number of carboxylic acid groups (broad SMARTS) is 1. The average molecular weight is 350 g/mol. The van der Waals surface area contributed by atoms with E-state index >= 15 is 0 Å². The molecule has 2 aromatic rings. The molecule has 3 rings (SSSR count). The Morgan fingerprint density at radius 1 is 1.32 bits per heavy atom. The molecule has 132 valence electrons. The number of rotatable bonds is 3. The van der Waals surface area contributed by atoms with Crippen molar-refractivity contribution in [1.82, 2.24) is 9.88 Å². The maximum Gasteiger partial charge on any atom is 0.306 e. The van der Waals surface area contributed by atoms with Crippen LogP contribution in [0.1, 0.15) is 23.8 Å². The predicted octanol–water partition coefficient (Wildman–Crippen LogP) is 2.80. The molecule has 25 heavy (non-hydrogen) atoms. The van der Waals surface area contributed by atoms with Crippen LogP contribution in [0.15, 0.2) is 28.9 Å². The Bertz CT molecular complexity index is 800. The Hall–Kier alpha value is -2.77. The summed E-state index contributed by atoms with van der Waals surface area (Å²) in [4.78, 5) is 29.0. The van der Waals surface area contributed by atoms with E-state index in [0.717, 1.165) is 18.4 Å². The maximum absolute atomic E-state index is 13.8. The van der Waals surface area contributed by atoms with Gasteiger partial charge in [0.2, 0.25) is 5.89 Å². The van der Waals surface area contributed by atoms with Crippen molar-refractivity contribution in [1.29, 1.82) is 0 Å². The van der Waals surface area contributed by atoms with Gasteiger partial charge in [-0.25, -0.2) is 13.8 Å². The molecule has 2 atom stereocenters. The van der Waals surface area contributed by atoms with E-state index < -0.39 is 35.0 Å². The van der Waals surface area contributed by atoms with Crippen LogP contribution in [0.2, 0.25) is 0 Å². The van der Waals surface area contributed by atoms with Crippen molar-refractivity contribution >= 4 is 11.9 Å². The van der Waals surface area contributed by atoms with E-state index in [9.17, 15) is 18.4 Å². The third-order valence-electron chi connectivity index (χ3n) is 4.41. The second kappa shape index (κ2) is 6.62. The second-order valence-corrected chi connectivity index (χ2v) is 6.10. The molecule has 1 fully saturated rings. The first-order valence-electron chi connectivity index (χ1n) is 7.80. The van der Waals surface area contributed by atoms with E-state index in [0.29, 0.717) is 6.42 Å². The van der Waals surface area contributed by atoms with Crippen LogP contribution in [0, 0.1) is 23.5 Å². The van der Waals surface area contributed by atoms with Gasteiger partial charge in [0.15, 0.2) is 5.69 Å². The number of likely N-dealkylation sites (tertiary alicyclic amines) is 1. The number of benzene rings is 1. The van der Waals surface area contributed by atoms with Gasteiger partial charge in [0.1, 0.15) is 23.5 Å². The van der Waals surface area contributed by atoms with Gasteiger partial charge in [-0.2, -0.15) is 0 Å². The molecule has 1 N–H and O–H groups in total. The Balaban J connectivity index is 1.79. The topological polar surface area (TPSA) is 83.6 Å². The Kier molecular flexibility index (Phi) is 4.52. The smallest absolute Gasteiger partial charge is 0.306 e. The first-order valence-corrected chi connectivity index (χ1v) is 7.80. The number of halogens is 2. The minimum absolute atomic E-state index is 0.0707. The van der Waals surface area contributed by atoms with E-state index in [4.69, 9.17) is 9.52 Å². The van der Waals surface area contributed by atoms with E-state index in [-0.39, 0.29) is 30.6 Å². The SMILES string of the molecule is CC1CN(C(=O)c2coc(-c3c(F)cccc3F)n2)CCC1C(=O)O.